The lowest BCUT2D eigenvalue weighted by molar-refractivity contribution is 0.222. The first-order chi connectivity index (χ1) is 9.60. The molecule has 7 heteroatoms. The van der Waals surface area contributed by atoms with Crippen LogP contribution in [0.25, 0.3) is 0 Å². The van der Waals surface area contributed by atoms with E-state index in [0.29, 0.717) is 24.9 Å². The van der Waals surface area contributed by atoms with E-state index in [1.54, 1.807) is 0 Å². The van der Waals surface area contributed by atoms with Crippen LogP contribution in [0.5, 0.6) is 0 Å². The number of rotatable bonds is 2. The van der Waals surface area contributed by atoms with Crippen LogP contribution in [-0.4, -0.2) is 23.0 Å². The van der Waals surface area contributed by atoms with Gasteiger partial charge in [0.15, 0.2) is 0 Å². The summed E-state index contributed by atoms with van der Waals surface area (Å²) < 4.78 is 27.1. The van der Waals surface area contributed by atoms with Gasteiger partial charge in [0.05, 0.1) is 0 Å². The third kappa shape index (κ3) is 2.98. The number of fused-ring (bicyclic) bond motifs is 1. The van der Waals surface area contributed by atoms with Crippen LogP contribution in [0.1, 0.15) is 17.5 Å². The molecule has 2 aliphatic rings. The van der Waals surface area contributed by atoms with Crippen LogP contribution in [-0.2, 0) is 12.8 Å². The van der Waals surface area contributed by atoms with Gasteiger partial charge in [-0.1, -0.05) is 0 Å². The largest absolute Gasteiger partial charge is 0.361 e. The van der Waals surface area contributed by atoms with Crippen molar-refractivity contribution in [2.45, 2.75) is 30.8 Å². The van der Waals surface area contributed by atoms with Crippen LogP contribution in [0.15, 0.2) is 24.0 Å². The fraction of sp³-hybridized carbons (Fsp3) is 0.429. The summed E-state index contributed by atoms with van der Waals surface area (Å²) >= 11 is 4.48. The van der Waals surface area contributed by atoms with Gasteiger partial charge in [-0.05, 0) is 36.5 Å². The summed E-state index contributed by atoms with van der Waals surface area (Å²) in [6, 6.07) is 2.56. The summed E-state index contributed by atoms with van der Waals surface area (Å²) in [4.78, 5) is 2.11. The third-order valence-electron chi connectivity index (χ3n) is 4.03. The van der Waals surface area contributed by atoms with Gasteiger partial charge in [-0.3, -0.25) is 0 Å². The van der Waals surface area contributed by atoms with Crippen LogP contribution >= 0.6 is 25.0 Å². The van der Waals surface area contributed by atoms with Gasteiger partial charge in [-0.2, -0.15) is 0 Å². The second kappa shape index (κ2) is 6.42. The lowest BCUT2D eigenvalue weighted by Crippen LogP contribution is -2.44. The highest BCUT2D eigenvalue weighted by atomic mass is 35.5. The minimum atomic E-state index is -0.515. The molecule has 3 nitrogen and oxygen atoms in total. The molecular weight excluding hydrogens is 316 g/mol. The Morgan fingerprint density at radius 2 is 2.14 bits per heavy atom. The summed E-state index contributed by atoms with van der Waals surface area (Å²) in [6.45, 7) is 0.422. The fourth-order valence-electron chi connectivity index (χ4n) is 3.10. The molecule has 116 valence electrons. The van der Waals surface area contributed by atoms with Crippen LogP contribution < -0.4 is 11.1 Å². The molecule has 0 aromatic heterocycles. The quantitative estimate of drug-likeness (QED) is 0.727. The first kappa shape index (κ1) is 16.4. The van der Waals surface area contributed by atoms with Crippen molar-refractivity contribution in [1.29, 1.82) is 0 Å². The van der Waals surface area contributed by atoms with Crippen molar-refractivity contribution in [2.75, 3.05) is 6.54 Å². The van der Waals surface area contributed by atoms with E-state index < -0.39 is 11.6 Å². The second-order valence-electron chi connectivity index (χ2n) is 5.21. The van der Waals surface area contributed by atoms with Crippen molar-refractivity contribution in [3.05, 3.63) is 46.8 Å². The number of benzene rings is 1. The maximum Gasteiger partial charge on any atom is 0.145 e. The Kier molecular flexibility index (Phi) is 5.01. The molecule has 0 fully saturated rings. The summed E-state index contributed by atoms with van der Waals surface area (Å²) in [6.07, 6.45) is 3.89. The van der Waals surface area contributed by atoms with E-state index in [9.17, 15) is 8.78 Å². The highest BCUT2D eigenvalue weighted by Crippen LogP contribution is 2.31. The van der Waals surface area contributed by atoms with Gasteiger partial charge < -0.3 is 16.0 Å². The number of halogens is 3. The predicted octanol–water partition coefficient (Wildman–Crippen LogP) is 2.16. The average Bonchev–Trinajstić information content (AvgIpc) is 2.78. The molecule has 2 atom stereocenters. The van der Waals surface area contributed by atoms with Crippen molar-refractivity contribution in [1.82, 2.24) is 10.2 Å². The zero-order valence-electron chi connectivity index (χ0n) is 11.4. The summed E-state index contributed by atoms with van der Waals surface area (Å²) in [5, 5.41) is 3.11. The van der Waals surface area contributed by atoms with E-state index in [1.165, 1.54) is 6.07 Å². The molecule has 1 aromatic rings. The number of hydrogen-bond donors (Lipinski definition) is 3. The Labute approximate surface area is 134 Å². The molecule has 0 amide bonds. The van der Waals surface area contributed by atoms with Crippen molar-refractivity contribution < 1.29 is 8.78 Å². The van der Waals surface area contributed by atoms with Crippen LogP contribution in [0.2, 0.25) is 0 Å². The van der Waals surface area contributed by atoms with Gasteiger partial charge in [0.2, 0.25) is 0 Å². The smallest absolute Gasteiger partial charge is 0.145 e. The van der Waals surface area contributed by atoms with Crippen molar-refractivity contribution >= 4 is 25.0 Å². The van der Waals surface area contributed by atoms with Gasteiger partial charge in [0.25, 0.3) is 0 Å². The molecule has 0 radical (unpaired) electrons. The molecule has 21 heavy (non-hydrogen) atoms. The number of nitrogens with two attached hydrogens (primary N) is 1. The summed E-state index contributed by atoms with van der Waals surface area (Å²) in [5.41, 5.74) is 7.98. The Balaban J connectivity index is 0.00000161. The standard InChI is InChI=1S/C14H17F2N3S.ClH/c15-9-3-8-4-10(1-2-12(8)13(16)5-9)19-11(6-17)7-18-14(19)20;/h3,5,7,10,14,18,20H,1-2,4,6,17H2;1H/t10-,14-;/m0./s1. The van der Waals surface area contributed by atoms with E-state index >= 15 is 0 Å². The Morgan fingerprint density at radius 1 is 1.38 bits per heavy atom. The Bertz CT molecular complexity index is 567. The van der Waals surface area contributed by atoms with Gasteiger partial charge >= 0.3 is 0 Å². The first-order valence-electron chi connectivity index (χ1n) is 6.68. The molecule has 3 rings (SSSR count). The monoisotopic (exact) mass is 333 g/mol. The molecule has 1 heterocycles. The van der Waals surface area contributed by atoms with Crippen molar-refractivity contribution in [3.8, 4) is 0 Å². The number of hydrogen-bond acceptors (Lipinski definition) is 4. The lowest BCUT2D eigenvalue weighted by Gasteiger charge is -2.37. The molecule has 3 N–H and O–H groups in total. The predicted molar refractivity (Wildman–Crippen MR) is 84.3 cm³/mol. The van der Waals surface area contributed by atoms with Gasteiger partial charge in [-0.25, -0.2) is 8.78 Å². The van der Waals surface area contributed by atoms with Crippen molar-refractivity contribution in [3.63, 3.8) is 0 Å². The van der Waals surface area contributed by atoms with Gasteiger partial charge in [0.1, 0.15) is 17.1 Å². The van der Waals surface area contributed by atoms with E-state index in [2.05, 4.69) is 22.8 Å². The van der Waals surface area contributed by atoms with Crippen LogP contribution in [0.3, 0.4) is 0 Å². The summed E-state index contributed by atoms with van der Waals surface area (Å²) in [5.74, 6) is -0.950. The fourth-order valence-corrected chi connectivity index (χ4v) is 3.52. The zero-order valence-corrected chi connectivity index (χ0v) is 13.1. The molecule has 1 aliphatic carbocycles. The van der Waals surface area contributed by atoms with E-state index in [1.807, 2.05) is 6.20 Å². The highest BCUT2D eigenvalue weighted by molar-refractivity contribution is 7.80. The number of nitrogens with one attached hydrogen (secondary N) is 1. The van der Waals surface area contributed by atoms with E-state index in [-0.39, 0.29) is 23.9 Å². The Hall–Kier alpha value is -0.980. The first-order valence-corrected chi connectivity index (χ1v) is 7.20. The minimum Gasteiger partial charge on any atom is -0.361 e. The Morgan fingerprint density at radius 3 is 2.86 bits per heavy atom. The molecular formula is C14H18ClF2N3S. The molecule has 0 saturated heterocycles. The maximum absolute atomic E-state index is 13.7. The SMILES string of the molecule is Cl.NCC1=CN[C@H](S)N1[C@H]1CCc2c(F)cc(F)cc2C1. The van der Waals surface area contributed by atoms with E-state index in [0.717, 1.165) is 23.7 Å². The van der Waals surface area contributed by atoms with E-state index in [4.69, 9.17) is 5.73 Å². The normalized spacial score (nSPS) is 24.0. The lowest BCUT2D eigenvalue weighted by atomic mass is 9.87. The topological polar surface area (TPSA) is 41.3 Å². The van der Waals surface area contributed by atoms with Crippen molar-refractivity contribution in [2.24, 2.45) is 5.73 Å². The molecule has 0 bridgehead atoms. The third-order valence-corrected chi connectivity index (χ3v) is 4.43. The molecule has 1 aromatic carbocycles. The van der Waals surface area contributed by atoms with Crippen LogP contribution in [0, 0.1) is 11.6 Å². The average molecular weight is 334 g/mol. The number of nitrogens with zero attached hydrogens (tertiary/aromatic N) is 1. The molecule has 0 spiro atoms. The second-order valence-corrected chi connectivity index (χ2v) is 5.70. The molecule has 0 unspecified atom stereocenters. The zero-order chi connectivity index (χ0) is 14.3. The summed E-state index contributed by atoms with van der Waals surface area (Å²) in [7, 11) is 0. The van der Waals surface area contributed by atoms with Crippen LogP contribution in [0.4, 0.5) is 8.78 Å². The minimum absolute atomic E-state index is 0. The number of thiol groups is 1. The maximum atomic E-state index is 13.7. The molecule has 0 saturated carbocycles. The molecule has 1 aliphatic heterocycles. The highest BCUT2D eigenvalue weighted by Gasteiger charge is 2.32. The van der Waals surface area contributed by atoms with Gasteiger partial charge in [-0.15, -0.1) is 25.0 Å². The van der Waals surface area contributed by atoms with Gasteiger partial charge in [0, 0.05) is 30.5 Å².